The summed E-state index contributed by atoms with van der Waals surface area (Å²) in [5.41, 5.74) is 6.03. The lowest BCUT2D eigenvalue weighted by Gasteiger charge is -2.11. The van der Waals surface area contributed by atoms with Crippen LogP contribution >= 0.6 is 23.6 Å². The molecule has 0 saturated carbocycles. The number of methoxy groups -OCH3 is 1. The third kappa shape index (κ3) is 4.49. The van der Waals surface area contributed by atoms with Gasteiger partial charge in [0.25, 0.3) is 11.8 Å². The number of ether oxygens (including phenoxy) is 1. The van der Waals surface area contributed by atoms with Gasteiger partial charge >= 0.3 is 5.97 Å². The molecule has 0 bridgehead atoms. The summed E-state index contributed by atoms with van der Waals surface area (Å²) in [6.07, 6.45) is 1.40. The van der Waals surface area contributed by atoms with E-state index in [1.165, 1.54) is 24.3 Å². The van der Waals surface area contributed by atoms with E-state index in [9.17, 15) is 14.4 Å². The minimum Gasteiger partial charge on any atom is -0.469 e. The van der Waals surface area contributed by atoms with E-state index in [4.69, 9.17) is 21.4 Å². The lowest BCUT2D eigenvalue weighted by atomic mass is 10.1. The molecule has 9 nitrogen and oxygen atoms in total. The average molecular weight is 425 g/mol. The third-order valence-electron chi connectivity index (χ3n) is 3.76. The number of carbonyl (C=O) groups is 3. The van der Waals surface area contributed by atoms with Crippen molar-refractivity contribution in [2.75, 3.05) is 26.5 Å². The summed E-state index contributed by atoms with van der Waals surface area (Å²) in [6, 6.07) is 1.53. The fourth-order valence-corrected chi connectivity index (χ4v) is 3.73. The molecule has 2 amide bonds. The Kier molecular flexibility index (Phi) is 6.75. The van der Waals surface area contributed by atoms with Crippen LogP contribution in [-0.4, -0.2) is 49.0 Å². The quantitative estimate of drug-likeness (QED) is 0.388. The van der Waals surface area contributed by atoms with Gasteiger partial charge in [0.15, 0.2) is 5.11 Å². The molecule has 0 saturated heterocycles. The molecule has 0 aliphatic carbocycles. The molecule has 0 unspecified atom stereocenters. The maximum Gasteiger partial charge on any atom is 0.341 e. The van der Waals surface area contributed by atoms with Gasteiger partial charge in [-0.05, 0) is 37.7 Å². The molecule has 2 aromatic rings. The second-order valence-corrected chi connectivity index (χ2v) is 7.30. The van der Waals surface area contributed by atoms with Crippen LogP contribution in [-0.2, 0) is 4.74 Å². The van der Waals surface area contributed by atoms with Crippen LogP contribution in [0.25, 0.3) is 0 Å². The number of carbonyl (C=O) groups excluding carboxylic acids is 3. The Morgan fingerprint density at radius 2 is 1.89 bits per heavy atom. The van der Waals surface area contributed by atoms with E-state index in [-0.39, 0.29) is 16.6 Å². The lowest BCUT2D eigenvalue weighted by Crippen LogP contribution is -2.43. The number of esters is 1. The molecule has 0 aromatic carbocycles. The number of hydrogen-bond acceptors (Lipinski definition) is 7. The molecule has 11 heteroatoms. The van der Waals surface area contributed by atoms with Crippen LogP contribution in [0.15, 0.2) is 16.7 Å². The van der Waals surface area contributed by atoms with E-state index < -0.39 is 11.9 Å². The van der Waals surface area contributed by atoms with E-state index in [0.29, 0.717) is 26.8 Å². The van der Waals surface area contributed by atoms with Gasteiger partial charge in [-0.15, -0.1) is 11.3 Å². The molecule has 2 rings (SSSR count). The lowest BCUT2D eigenvalue weighted by molar-refractivity contribution is 0.0601. The van der Waals surface area contributed by atoms with Crippen molar-refractivity contribution in [3.8, 4) is 0 Å². The van der Waals surface area contributed by atoms with Crippen molar-refractivity contribution >= 4 is 51.5 Å². The summed E-state index contributed by atoms with van der Waals surface area (Å²) in [7, 11) is 4.48. The number of hydrazine groups is 1. The van der Waals surface area contributed by atoms with Crippen LogP contribution in [0.3, 0.4) is 0 Å². The molecule has 2 heterocycles. The Labute approximate surface area is 171 Å². The first-order valence-electron chi connectivity index (χ1n) is 8.02. The van der Waals surface area contributed by atoms with E-state index >= 15 is 0 Å². The second kappa shape index (κ2) is 8.85. The minimum atomic E-state index is -0.602. The molecule has 0 spiro atoms. The van der Waals surface area contributed by atoms with E-state index in [1.807, 2.05) is 0 Å². The minimum absolute atomic E-state index is 0.0322. The van der Waals surface area contributed by atoms with Gasteiger partial charge in [0.1, 0.15) is 10.8 Å². The van der Waals surface area contributed by atoms with Gasteiger partial charge in [-0.2, -0.15) is 0 Å². The number of aryl methyl sites for hydroxylation is 1. The Hall–Kier alpha value is -2.92. The Balaban J connectivity index is 2.17. The predicted molar refractivity (Wildman–Crippen MR) is 109 cm³/mol. The maximum atomic E-state index is 12.3. The summed E-state index contributed by atoms with van der Waals surface area (Å²) < 4.78 is 9.89. The summed E-state index contributed by atoms with van der Waals surface area (Å²) in [4.78, 5) is 38.4. The largest absolute Gasteiger partial charge is 0.469 e. The number of thiocarbonyl (C=S) groups is 1. The van der Waals surface area contributed by atoms with Crippen molar-refractivity contribution in [1.29, 1.82) is 0 Å². The number of furan rings is 1. The Morgan fingerprint density at radius 1 is 1.21 bits per heavy atom. The Bertz CT molecular complexity index is 932. The number of thiophene rings is 1. The first kappa shape index (κ1) is 21.4. The summed E-state index contributed by atoms with van der Waals surface area (Å²) in [5, 5.41) is 3.19. The van der Waals surface area contributed by atoms with Crippen molar-refractivity contribution in [3.63, 3.8) is 0 Å². The van der Waals surface area contributed by atoms with Crippen LogP contribution in [0.1, 0.15) is 41.7 Å². The predicted octanol–water partition coefficient (Wildman–Crippen LogP) is 2.08. The molecule has 0 radical (unpaired) electrons. The number of amides is 2. The summed E-state index contributed by atoms with van der Waals surface area (Å²) in [6.45, 7) is 3.32. The number of nitrogens with one attached hydrogen (secondary N) is 3. The van der Waals surface area contributed by atoms with E-state index in [1.54, 1.807) is 27.9 Å². The van der Waals surface area contributed by atoms with Gasteiger partial charge in [-0.25, -0.2) is 4.79 Å². The first-order chi connectivity index (χ1) is 13.2. The van der Waals surface area contributed by atoms with Crippen LogP contribution in [0, 0.1) is 13.8 Å². The third-order valence-corrected chi connectivity index (χ3v) is 5.16. The molecule has 0 aliphatic rings. The van der Waals surface area contributed by atoms with Crippen molar-refractivity contribution in [2.45, 2.75) is 13.8 Å². The molecular weight excluding hydrogens is 404 g/mol. The highest BCUT2D eigenvalue weighted by molar-refractivity contribution is 7.80. The first-order valence-corrected chi connectivity index (χ1v) is 9.24. The van der Waals surface area contributed by atoms with Gasteiger partial charge in [0, 0.05) is 14.1 Å². The van der Waals surface area contributed by atoms with E-state index in [2.05, 4.69) is 16.2 Å². The van der Waals surface area contributed by atoms with Gasteiger partial charge in [0.2, 0.25) is 0 Å². The fourth-order valence-electron chi connectivity index (χ4n) is 2.29. The smallest absolute Gasteiger partial charge is 0.341 e. The van der Waals surface area contributed by atoms with Crippen LogP contribution in [0.5, 0.6) is 0 Å². The highest BCUT2D eigenvalue weighted by Crippen LogP contribution is 2.34. The second-order valence-electron chi connectivity index (χ2n) is 5.88. The monoisotopic (exact) mass is 424 g/mol. The zero-order valence-electron chi connectivity index (χ0n) is 16.0. The molecular formula is C17H20N4O5S2. The van der Waals surface area contributed by atoms with Crippen molar-refractivity contribution in [1.82, 2.24) is 15.8 Å². The molecule has 2 aromatic heterocycles. The van der Waals surface area contributed by atoms with Crippen LogP contribution in [0.4, 0.5) is 5.00 Å². The molecule has 3 N–H and O–H groups in total. The number of hydrogen-bond donors (Lipinski definition) is 3. The number of nitrogens with zero attached hydrogens (tertiary/aromatic N) is 1. The fraction of sp³-hybridized carbons (Fsp3) is 0.294. The Morgan fingerprint density at radius 3 is 2.43 bits per heavy atom. The van der Waals surface area contributed by atoms with Crippen molar-refractivity contribution in [3.05, 3.63) is 39.7 Å². The zero-order chi connectivity index (χ0) is 21.0. The molecule has 0 atom stereocenters. The standard InChI is InChI=1S/C17H20N4O5S2/c1-8-11(16(24)25-5)14(28-12(8)15(23)21(3)4)18-17(27)20-19-13(22)10-6-7-26-9(10)2/h6-7H,1-5H3,(H,19,22)(H2,18,20,27). The normalized spacial score (nSPS) is 10.2. The SMILES string of the molecule is COC(=O)c1c(NC(=S)NNC(=O)c2ccoc2C)sc(C(=O)N(C)C)c1C. The number of rotatable bonds is 4. The maximum absolute atomic E-state index is 12.3. The number of anilines is 1. The van der Waals surface area contributed by atoms with Gasteiger partial charge < -0.3 is 19.4 Å². The van der Waals surface area contributed by atoms with Crippen molar-refractivity contribution in [2.24, 2.45) is 0 Å². The summed E-state index contributed by atoms with van der Waals surface area (Å²) in [5.74, 6) is -0.820. The van der Waals surface area contributed by atoms with Gasteiger partial charge in [0.05, 0.1) is 29.4 Å². The highest BCUT2D eigenvalue weighted by atomic mass is 32.1. The van der Waals surface area contributed by atoms with Gasteiger partial charge in [-0.3, -0.25) is 20.4 Å². The molecule has 0 aliphatic heterocycles. The highest BCUT2D eigenvalue weighted by Gasteiger charge is 2.26. The van der Waals surface area contributed by atoms with Crippen molar-refractivity contribution < 1.29 is 23.5 Å². The summed E-state index contributed by atoms with van der Waals surface area (Å²) >= 11 is 6.24. The van der Waals surface area contributed by atoms with Crippen LogP contribution in [0.2, 0.25) is 0 Å². The van der Waals surface area contributed by atoms with Crippen LogP contribution < -0.4 is 16.2 Å². The average Bonchev–Trinajstić information content (AvgIpc) is 3.21. The topological polar surface area (TPSA) is 113 Å². The molecule has 150 valence electrons. The van der Waals surface area contributed by atoms with E-state index in [0.717, 1.165) is 11.3 Å². The molecule has 0 fully saturated rings. The zero-order valence-corrected chi connectivity index (χ0v) is 17.6. The molecule has 28 heavy (non-hydrogen) atoms. The van der Waals surface area contributed by atoms with Gasteiger partial charge in [-0.1, -0.05) is 0 Å².